The van der Waals surface area contributed by atoms with Crippen LogP contribution in [0.5, 0.6) is 11.5 Å². The second-order valence-electron chi connectivity index (χ2n) is 6.44. The van der Waals surface area contributed by atoms with Gasteiger partial charge in [-0.15, -0.1) is 0 Å². The molecule has 0 radical (unpaired) electrons. The molecule has 1 saturated heterocycles. The summed E-state index contributed by atoms with van der Waals surface area (Å²) in [6.45, 7) is 1.29. The van der Waals surface area contributed by atoms with E-state index in [4.69, 9.17) is 9.47 Å². The Hall–Kier alpha value is -2.60. The molecule has 0 bridgehead atoms. The van der Waals surface area contributed by atoms with Crippen molar-refractivity contribution >= 4 is 5.97 Å². The molecule has 3 rings (SSSR count). The Morgan fingerprint density at radius 2 is 1.96 bits per heavy atom. The lowest BCUT2D eigenvalue weighted by atomic mass is 9.91. The van der Waals surface area contributed by atoms with Crippen molar-refractivity contribution in [3.8, 4) is 11.5 Å². The van der Waals surface area contributed by atoms with Crippen molar-refractivity contribution < 1.29 is 19.4 Å². The largest absolute Gasteiger partial charge is 0.496 e. The number of hydrogen-bond donors (Lipinski definition) is 1. The molecule has 1 fully saturated rings. The highest BCUT2D eigenvalue weighted by atomic mass is 16.5. The van der Waals surface area contributed by atoms with E-state index >= 15 is 0 Å². The predicted octanol–water partition coefficient (Wildman–Crippen LogP) is 2.98. The molecule has 2 aromatic rings. The minimum atomic E-state index is -0.744. The van der Waals surface area contributed by atoms with E-state index in [1.165, 1.54) is 0 Å². The van der Waals surface area contributed by atoms with Gasteiger partial charge in [-0.05, 0) is 43.1 Å². The first-order valence-corrected chi connectivity index (χ1v) is 8.73. The van der Waals surface area contributed by atoms with Gasteiger partial charge in [0.15, 0.2) is 0 Å². The number of likely N-dealkylation sites (tertiary alicyclic amines) is 1. The van der Waals surface area contributed by atoms with Crippen LogP contribution in [0.2, 0.25) is 0 Å². The van der Waals surface area contributed by atoms with Gasteiger partial charge < -0.3 is 14.6 Å². The molecule has 26 heavy (non-hydrogen) atoms. The monoisotopic (exact) mass is 356 g/mol. The molecule has 1 N–H and O–H groups in total. The number of nitrogens with zero attached hydrogens (tertiary/aromatic N) is 2. The summed E-state index contributed by atoms with van der Waals surface area (Å²) < 4.78 is 11.2. The number of rotatable bonds is 6. The third-order valence-electron chi connectivity index (χ3n) is 4.91. The van der Waals surface area contributed by atoms with E-state index in [-0.39, 0.29) is 12.0 Å². The normalized spacial score (nSPS) is 18.9. The minimum absolute atomic E-state index is 0.183. The Labute approximate surface area is 153 Å². The van der Waals surface area contributed by atoms with Crippen molar-refractivity contribution in [2.24, 2.45) is 5.92 Å². The van der Waals surface area contributed by atoms with Crippen LogP contribution < -0.4 is 9.47 Å². The molecule has 2 heterocycles. The zero-order valence-corrected chi connectivity index (χ0v) is 15.1. The molecule has 0 spiro atoms. The highest BCUT2D eigenvalue weighted by Gasteiger charge is 2.34. The zero-order valence-electron chi connectivity index (χ0n) is 15.1. The van der Waals surface area contributed by atoms with Gasteiger partial charge >= 0.3 is 5.97 Å². The Kier molecular flexibility index (Phi) is 5.73. The van der Waals surface area contributed by atoms with Crippen LogP contribution in [0.3, 0.4) is 0 Å². The molecule has 1 aliphatic rings. The molecule has 138 valence electrons. The summed E-state index contributed by atoms with van der Waals surface area (Å²) in [4.78, 5) is 18.0. The molecular formula is C20H24N2O4. The van der Waals surface area contributed by atoms with E-state index in [1.807, 2.05) is 36.5 Å². The first-order valence-electron chi connectivity index (χ1n) is 8.73. The van der Waals surface area contributed by atoms with E-state index in [0.29, 0.717) is 13.0 Å². The van der Waals surface area contributed by atoms with Crippen molar-refractivity contribution in [3.63, 3.8) is 0 Å². The van der Waals surface area contributed by atoms with Gasteiger partial charge in [0.05, 0.1) is 31.7 Å². The summed E-state index contributed by atoms with van der Waals surface area (Å²) in [5.41, 5.74) is 1.89. The standard InChI is InChI=1S/C20H24N2O4/c1-25-16-8-3-9-17(26-2)18(16)19(14-6-4-10-21-12-14)22-11-5-7-15(13-22)20(23)24/h3-4,6,8-10,12,15,19H,5,7,11,13H2,1-2H3,(H,23,24). The summed E-state index contributed by atoms with van der Waals surface area (Å²) in [6.07, 6.45) is 5.09. The fraction of sp³-hybridized carbons (Fsp3) is 0.400. The number of methoxy groups -OCH3 is 2. The van der Waals surface area contributed by atoms with Gasteiger partial charge in [-0.25, -0.2) is 0 Å². The lowest BCUT2D eigenvalue weighted by molar-refractivity contribution is -0.143. The van der Waals surface area contributed by atoms with Gasteiger partial charge in [0.1, 0.15) is 11.5 Å². The average molecular weight is 356 g/mol. The maximum Gasteiger partial charge on any atom is 0.307 e. The first kappa shape index (κ1) is 18.2. The van der Waals surface area contributed by atoms with Crippen LogP contribution >= 0.6 is 0 Å². The number of benzene rings is 1. The Morgan fingerprint density at radius 3 is 2.54 bits per heavy atom. The number of piperidine rings is 1. The van der Waals surface area contributed by atoms with Gasteiger partial charge in [-0.3, -0.25) is 14.7 Å². The summed E-state index contributed by atoms with van der Waals surface area (Å²) in [5.74, 6) is 0.321. The van der Waals surface area contributed by atoms with Crippen molar-refractivity contribution in [1.29, 1.82) is 0 Å². The van der Waals surface area contributed by atoms with Crippen LogP contribution in [0.15, 0.2) is 42.7 Å². The van der Waals surface area contributed by atoms with Crippen molar-refractivity contribution in [2.75, 3.05) is 27.3 Å². The maximum absolute atomic E-state index is 11.6. The molecule has 1 aromatic carbocycles. The second-order valence-corrected chi connectivity index (χ2v) is 6.44. The smallest absolute Gasteiger partial charge is 0.307 e. The molecule has 2 unspecified atom stereocenters. The lowest BCUT2D eigenvalue weighted by Crippen LogP contribution is -2.41. The van der Waals surface area contributed by atoms with Crippen LogP contribution in [-0.4, -0.2) is 48.3 Å². The molecule has 1 aliphatic heterocycles. The van der Waals surface area contributed by atoms with Gasteiger partial charge in [0, 0.05) is 18.9 Å². The van der Waals surface area contributed by atoms with Crippen molar-refractivity contribution in [3.05, 3.63) is 53.9 Å². The number of carboxylic acids is 1. The summed E-state index contributed by atoms with van der Waals surface area (Å²) >= 11 is 0. The molecule has 0 amide bonds. The van der Waals surface area contributed by atoms with E-state index in [0.717, 1.165) is 35.6 Å². The number of ether oxygens (including phenoxy) is 2. The van der Waals surface area contributed by atoms with Crippen molar-refractivity contribution in [1.82, 2.24) is 9.88 Å². The van der Waals surface area contributed by atoms with E-state index in [1.54, 1.807) is 20.4 Å². The Morgan fingerprint density at radius 1 is 1.23 bits per heavy atom. The average Bonchev–Trinajstić information content (AvgIpc) is 2.69. The van der Waals surface area contributed by atoms with E-state index in [2.05, 4.69) is 9.88 Å². The quantitative estimate of drug-likeness (QED) is 0.858. The lowest BCUT2D eigenvalue weighted by Gasteiger charge is -2.38. The van der Waals surface area contributed by atoms with E-state index in [9.17, 15) is 9.90 Å². The van der Waals surface area contributed by atoms with Crippen LogP contribution in [0.25, 0.3) is 0 Å². The van der Waals surface area contributed by atoms with Gasteiger partial charge in [-0.1, -0.05) is 12.1 Å². The SMILES string of the molecule is COc1cccc(OC)c1C(c1cccnc1)N1CCCC(C(=O)O)C1. The number of carbonyl (C=O) groups is 1. The van der Waals surface area contributed by atoms with Crippen LogP contribution in [0.1, 0.15) is 30.0 Å². The maximum atomic E-state index is 11.6. The number of carboxylic acid groups (broad SMARTS) is 1. The van der Waals surface area contributed by atoms with Gasteiger partial charge in [0.25, 0.3) is 0 Å². The van der Waals surface area contributed by atoms with E-state index < -0.39 is 5.97 Å². The fourth-order valence-corrected chi connectivity index (χ4v) is 3.69. The number of aromatic nitrogens is 1. The number of aliphatic carboxylic acids is 1. The molecule has 0 aliphatic carbocycles. The topological polar surface area (TPSA) is 71.9 Å². The van der Waals surface area contributed by atoms with Gasteiger partial charge in [-0.2, -0.15) is 0 Å². The Balaban J connectivity index is 2.10. The highest BCUT2D eigenvalue weighted by Crippen LogP contribution is 2.42. The minimum Gasteiger partial charge on any atom is -0.496 e. The number of hydrogen-bond acceptors (Lipinski definition) is 5. The summed E-state index contributed by atoms with van der Waals surface area (Å²) in [7, 11) is 3.27. The summed E-state index contributed by atoms with van der Waals surface area (Å²) in [6, 6.07) is 9.41. The summed E-state index contributed by atoms with van der Waals surface area (Å²) in [5, 5.41) is 9.49. The Bertz CT molecular complexity index is 728. The van der Waals surface area contributed by atoms with Crippen LogP contribution in [-0.2, 0) is 4.79 Å². The molecule has 1 aromatic heterocycles. The highest BCUT2D eigenvalue weighted by molar-refractivity contribution is 5.70. The third-order valence-corrected chi connectivity index (χ3v) is 4.91. The molecule has 0 saturated carbocycles. The third kappa shape index (κ3) is 3.65. The molecule has 6 nitrogen and oxygen atoms in total. The van der Waals surface area contributed by atoms with Crippen molar-refractivity contribution in [2.45, 2.75) is 18.9 Å². The van der Waals surface area contributed by atoms with Crippen LogP contribution in [0.4, 0.5) is 0 Å². The zero-order chi connectivity index (χ0) is 18.5. The first-order chi connectivity index (χ1) is 12.7. The molecule has 6 heteroatoms. The second kappa shape index (κ2) is 8.19. The molecule has 2 atom stereocenters. The fourth-order valence-electron chi connectivity index (χ4n) is 3.69. The van der Waals surface area contributed by atoms with Crippen LogP contribution in [0, 0.1) is 5.92 Å². The predicted molar refractivity (Wildman–Crippen MR) is 97.6 cm³/mol. The molecular weight excluding hydrogens is 332 g/mol. The number of pyridine rings is 1. The van der Waals surface area contributed by atoms with Gasteiger partial charge in [0.2, 0.25) is 0 Å².